The largest absolute Gasteiger partial charge is 0.377 e. The molecule has 0 amide bonds. The van der Waals surface area contributed by atoms with E-state index in [-0.39, 0.29) is 17.1 Å². The number of carbonyl (C=O) groups excluding carboxylic acids is 1. The molecule has 1 aromatic carbocycles. The second kappa shape index (κ2) is 4.41. The van der Waals surface area contributed by atoms with Gasteiger partial charge in [0, 0.05) is 37.0 Å². The van der Waals surface area contributed by atoms with Crippen LogP contribution in [0.25, 0.3) is 5.70 Å². The van der Waals surface area contributed by atoms with Crippen LogP contribution in [0.5, 0.6) is 0 Å². The van der Waals surface area contributed by atoms with Crippen LogP contribution in [0.15, 0.2) is 29.1 Å². The number of hydrogen-bond donors (Lipinski definition) is 0. The summed E-state index contributed by atoms with van der Waals surface area (Å²) in [6, 6.07) is 5.01. The Kier molecular flexibility index (Phi) is 3.07. The topological polar surface area (TPSA) is 37.4 Å². The fourth-order valence-electron chi connectivity index (χ4n) is 2.11. The molecule has 0 aromatic heterocycles. The van der Waals surface area contributed by atoms with E-state index in [0.717, 1.165) is 16.8 Å². The van der Waals surface area contributed by atoms with E-state index in [0.29, 0.717) is 5.56 Å². The van der Waals surface area contributed by atoms with Crippen molar-refractivity contribution in [2.75, 3.05) is 14.1 Å². The Morgan fingerprint density at radius 1 is 1.00 bits per heavy atom. The lowest BCUT2D eigenvalue weighted by atomic mass is 10.0. The van der Waals surface area contributed by atoms with Crippen molar-refractivity contribution in [3.63, 3.8) is 0 Å². The van der Waals surface area contributed by atoms with Crippen LogP contribution in [-0.2, 0) is 0 Å². The molecule has 0 saturated carbocycles. The molecule has 94 valence electrons. The van der Waals surface area contributed by atoms with Crippen LogP contribution >= 0.6 is 0 Å². The third-order valence-electron chi connectivity index (χ3n) is 3.15. The predicted molar refractivity (Wildman–Crippen MR) is 72.8 cm³/mol. The van der Waals surface area contributed by atoms with E-state index in [9.17, 15) is 9.59 Å². The van der Waals surface area contributed by atoms with Gasteiger partial charge in [-0.25, -0.2) is 0 Å². The van der Waals surface area contributed by atoms with Gasteiger partial charge in [-0.05, 0) is 29.7 Å². The molecule has 3 nitrogen and oxygen atoms in total. The normalized spacial score (nSPS) is 13.6. The maximum absolute atomic E-state index is 12.0. The summed E-state index contributed by atoms with van der Waals surface area (Å²) in [5, 5.41) is 0. The minimum absolute atomic E-state index is 0.0220. The highest BCUT2D eigenvalue weighted by atomic mass is 16.1. The summed E-state index contributed by atoms with van der Waals surface area (Å²) in [6.45, 7) is 4.03. The lowest BCUT2D eigenvalue weighted by Gasteiger charge is -2.13. The lowest BCUT2D eigenvalue weighted by molar-refractivity contribution is 0.104. The Balaban J connectivity index is 2.73. The fraction of sp³-hybridized carbons (Fsp3) is 0.333. The average Bonchev–Trinajstić information content (AvgIpc) is 2.46. The maximum atomic E-state index is 12.0. The second-order valence-corrected chi connectivity index (χ2v) is 5.11. The van der Waals surface area contributed by atoms with Gasteiger partial charge in [0.2, 0.25) is 0 Å². The molecule has 2 rings (SSSR count). The summed E-state index contributed by atoms with van der Waals surface area (Å²) in [6.07, 6.45) is 1.59. The number of hydrogen-bond acceptors (Lipinski definition) is 3. The van der Waals surface area contributed by atoms with Crippen LogP contribution < -0.4 is 5.43 Å². The number of allylic oxidation sites excluding steroid dienone is 1. The van der Waals surface area contributed by atoms with E-state index in [1.807, 2.05) is 38.9 Å². The standard InChI is InChI=1S/C15H17NO2/c1-9(2)10-5-11(17)7-12-13(6-10)15(18)8-14(12)16(3)4/h5-9H,1-4H3. The monoisotopic (exact) mass is 243 g/mol. The van der Waals surface area contributed by atoms with Crippen molar-refractivity contribution in [2.24, 2.45) is 0 Å². The molecular weight excluding hydrogens is 226 g/mol. The van der Waals surface area contributed by atoms with Crippen molar-refractivity contribution in [1.82, 2.24) is 4.90 Å². The predicted octanol–water partition coefficient (Wildman–Crippen LogP) is 2.27. The number of rotatable bonds is 2. The van der Waals surface area contributed by atoms with Crippen LogP contribution in [0.1, 0.15) is 41.3 Å². The first kappa shape index (κ1) is 12.6. The molecule has 0 unspecified atom stereocenters. The van der Waals surface area contributed by atoms with Gasteiger partial charge >= 0.3 is 0 Å². The van der Waals surface area contributed by atoms with Crippen molar-refractivity contribution in [3.05, 3.63) is 51.2 Å². The number of fused-ring (bicyclic) bond motifs is 1. The maximum Gasteiger partial charge on any atom is 0.188 e. The van der Waals surface area contributed by atoms with Crippen molar-refractivity contribution < 1.29 is 4.79 Å². The summed E-state index contributed by atoms with van der Waals surface area (Å²) in [4.78, 5) is 25.7. The highest BCUT2D eigenvalue weighted by molar-refractivity contribution is 6.16. The molecule has 0 N–H and O–H groups in total. The van der Waals surface area contributed by atoms with Crippen molar-refractivity contribution in [3.8, 4) is 0 Å². The third kappa shape index (κ3) is 2.08. The van der Waals surface area contributed by atoms with Gasteiger partial charge in [0.15, 0.2) is 11.2 Å². The first-order chi connectivity index (χ1) is 8.40. The molecule has 0 spiro atoms. The molecule has 1 aromatic rings. The van der Waals surface area contributed by atoms with Gasteiger partial charge in [-0.15, -0.1) is 0 Å². The number of nitrogens with zero attached hydrogens (tertiary/aromatic N) is 1. The van der Waals surface area contributed by atoms with Crippen LogP contribution in [-0.4, -0.2) is 24.8 Å². The molecular formula is C15H17NO2. The van der Waals surface area contributed by atoms with Crippen molar-refractivity contribution in [1.29, 1.82) is 0 Å². The molecule has 1 aliphatic rings. The average molecular weight is 243 g/mol. The summed E-state index contributed by atoms with van der Waals surface area (Å²) in [7, 11) is 3.74. The summed E-state index contributed by atoms with van der Waals surface area (Å²) >= 11 is 0. The second-order valence-electron chi connectivity index (χ2n) is 5.11. The molecule has 0 heterocycles. The molecule has 0 fully saturated rings. The van der Waals surface area contributed by atoms with E-state index in [1.165, 1.54) is 0 Å². The Hall–Kier alpha value is -1.90. The van der Waals surface area contributed by atoms with Gasteiger partial charge < -0.3 is 4.90 Å². The van der Waals surface area contributed by atoms with Crippen LogP contribution in [0.2, 0.25) is 0 Å². The number of carbonyl (C=O) groups is 1. The highest BCUT2D eigenvalue weighted by Crippen LogP contribution is 2.28. The van der Waals surface area contributed by atoms with Gasteiger partial charge in [-0.1, -0.05) is 13.8 Å². The van der Waals surface area contributed by atoms with E-state index < -0.39 is 0 Å². The van der Waals surface area contributed by atoms with Crippen molar-refractivity contribution in [2.45, 2.75) is 19.8 Å². The zero-order valence-corrected chi connectivity index (χ0v) is 11.2. The molecule has 0 radical (unpaired) electrons. The zero-order valence-electron chi connectivity index (χ0n) is 11.2. The van der Waals surface area contributed by atoms with Crippen LogP contribution in [0.3, 0.4) is 0 Å². The van der Waals surface area contributed by atoms with Crippen molar-refractivity contribution >= 4 is 11.5 Å². The molecule has 0 atom stereocenters. The summed E-state index contributed by atoms with van der Waals surface area (Å²) in [5.41, 5.74) is 3.02. The molecule has 3 heteroatoms. The summed E-state index contributed by atoms with van der Waals surface area (Å²) < 4.78 is 0. The van der Waals surface area contributed by atoms with Gasteiger partial charge in [0.25, 0.3) is 0 Å². The minimum Gasteiger partial charge on any atom is -0.377 e. The molecule has 0 aliphatic heterocycles. The molecule has 0 saturated heterocycles. The smallest absolute Gasteiger partial charge is 0.188 e. The first-order valence-electron chi connectivity index (χ1n) is 6.03. The minimum atomic E-state index is -0.0533. The van der Waals surface area contributed by atoms with Gasteiger partial charge in [-0.3, -0.25) is 9.59 Å². The number of ketones is 1. The molecule has 18 heavy (non-hydrogen) atoms. The first-order valence-corrected chi connectivity index (χ1v) is 6.03. The van der Waals surface area contributed by atoms with Crippen LogP contribution in [0, 0.1) is 0 Å². The Labute approximate surface area is 107 Å². The Morgan fingerprint density at radius 2 is 1.67 bits per heavy atom. The van der Waals surface area contributed by atoms with E-state index in [4.69, 9.17) is 0 Å². The fourth-order valence-corrected chi connectivity index (χ4v) is 2.11. The zero-order chi connectivity index (χ0) is 13.4. The Morgan fingerprint density at radius 3 is 2.22 bits per heavy atom. The third-order valence-corrected chi connectivity index (χ3v) is 3.15. The van der Waals surface area contributed by atoms with E-state index in [1.54, 1.807) is 18.2 Å². The quantitative estimate of drug-likeness (QED) is 0.799. The van der Waals surface area contributed by atoms with Gasteiger partial charge in [0.05, 0.1) is 0 Å². The molecule has 0 bridgehead atoms. The summed E-state index contributed by atoms with van der Waals surface area (Å²) in [5.74, 6) is 0.205. The SMILES string of the molecule is CC(C)c1cc2c(cc(=O)c1)C(N(C)C)=CC2=O. The van der Waals surface area contributed by atoms with E-state index in [2.05, 4.69) is 0 Å². The Bertz CT molecular complexity index is 598. The molecule has 1 aliphatic carbocycles. The van der Waals surface area contributed by atoms with Crippen LogP contribution in [0.4, 0.5) is 0 Å². The highest BCUT2D eigenvalue weighted by Gasteiger charge is 2.22. The van der Waals surface area contributed by atoms with E-state index >= 15 is 0 Å². The van der Waals surface area contributed by atoms with Gasteiger partial charge in [-0.2, -0.15) is 0 Å². The lowest BCUT2D eigenvalue weighted by Crippen LogP contribution is -2.09. The van der Waals surface area contributed by atoms with Gasteiger partial charge in [0.1, 0.15) is 0 Å².